The van der Waals surface area contributed by atoms with Crippen LogP contribution in [0.15, 0.2) is 64.2 Å². The highest BCUT2D eigenvalue weighted by atomic mass is 16.3. The number of ketones is 2. The molecule has 0 unspecified atom stereocenters. The van der Waals surface area contributed by atoms with Crippen LogP contribution in [0.1, 0.15) is 39.0 Å². The third-order valence-corrected chi connectivity index (χ3v) is 9.24. The van der Waals surface area contributed by atoms with Crippen molar-refractivity contribution in [2.75, 3.05) is 14.1 Å². The van der Waals surface area contributed by atoms with Crippen LogP contribution in [0, 0.1) is 10.8 Å². The number of Topliss-reactive ketones (excluding diaryl/α,β-unsaturated/α-hetero) is 2. The van der Waals surface area contributed by atoms with Crippen LogP contribution in [0.5, 0.6) is 5.75 Å². The Labute approximate surface area is 240 Å². The number of benzene rings is 2. The topological polar surface area (TPSA) is 200 Å². The Morgan fingerprint density at radius 3 is 2.33 bits per heavy atom. The normalized spacial score (nSPS) is 28.9. The van der Waals surface area contributed by atoms with E-state index in [2.05, 4.69) is 22.2 Å². The standard InChI is InChI=1S/C30H31N5O7/c1-34(2)23-18-10-29(32)9-17-16(13-35-11-14-5-3-4-6-15(14)12-35)7-8-19(36)20(17)24(37)22(29)26(33-42)30(18,41)27(39)21(25(23)38)28(31)40/h3-8,18,23,36,39,41H,9-13,32H2,1-2H3,(H2,31,40)/t18-,23-,29+,30-/m0/s1. The number of fused-ring (bicyclic) bond motifs is 4. The largest absolute Gasteiger partial charge is 0.508 e. The number of likely N-dealkylation sites (N-methyl/N-ethyl adjacent to an activating group) is 1. The quantitative estimate of drug-likeness (QED) is 0.253. The molecule has 4 atom stereocenters. The van der Waals surface area contributed by atoms with E-state index in [4.69, 9.17) is 11.5 Å². The van der Waals surface area contributed by atoms with E-state index in [-0.39, 0.29) is 29.7 Å². The molecule has 218 valence electrons. The first-order valence-corrected chi connectivity index (χ1v) is 13.5. The Kier molecular flexibility index (Phi) is 6.24. The van der Waals surface area contributed by atoms with E-state index in [1.54, 1.807) is 6.07 Å². The van der Waals surface area contributed by atoms with Gasteiger partial charge in [-0.15, -0.1) is 4.91 Å². The summed E-state index contributed by atoms with van der Waals surface area (Å²) in [5, 5.41) is 36.9. The molecule has 4 aliphatic rings. The summed E-state index contributed by atoms with van der Waals surface area (Å²) in [7, 11) is 3.07. The molecule has 0 spiro atoms. The lowest BCUT2D eigenvalue weighted by Gasteiger charge is -2.53. The summed E-state index contributed by atoms with van der Waals surface area (Å²) in [6.45, 7) is 1.86. The van der Waals surface area contributed by atoms with Gasteiger partial charge in [-0.25, -0.2) is 0 Å². The summed E-state index contributed by atoms with van der Waals surface area (Å²) >= 11 is 0. The number of aliphatic hydroxyl groups is 2. The molecular formula is C30H31N5O7. The molecule has 7 N–H and O–H groups in total. The molecule has 12 nitrogen and oxygen atoms in total. The van der Waals surface area contributed by atoms with Crippen LogP contribution in [0.4, 0.5) is 0 Å². The number of phenols is 1. The van der Waals surface area contributed by atoms with Crippen molar-refractivity contribution in [1.29, 1.82) is 0 Å². The number of carbonyl (C=O) groups is 3. The second-order valence-electron chi connectivity index (χ2n) is 11.9. The fourth-order valence-corrected chi connectivity index (χ4v) is 7.43. The van der Waals surface area contributed by atoms with Gasteiger partial charge in [0.25, 0.3) is 5.91 Å². The van der Waals surface area contributed by atoms with Crippen molar-refractivity contribution in [1.82, 2.24) is 9.80 Å². The molecule has 0 aromatic heterocycles. The Morgan fingerprint density at radius 1 is 1.12 bits per heavy atom. The van der Waals surface area contributed by atoms with Gasteiger partial charge < -0.3 is 26.8 Å². The van der Waals surface area contributed by atoms with Crippen molar-refractivity contribution in [3.8, 4) is 5.75 Å². The maximum absolute atomic E-state index is 14.1. The zero-order chi connectivity index (χ0) is 30.3. The van der Waals surface area contributed by atoms with Crippen LogP contribution in [0.2, 0.25) is 0 Å². The number of phenolic OH excluding ortho intramolecular Hbond substituents is 1. The summed E-state index contributed by atoms with van der Waals surface area (Å²) in [6.07, 6.45) is -0.237. The number of carbonyl (C=O) groups excluding carboxylic acids is 3. The molecule has 0 saturated heterocycles. The molecule has 0 radical (unpaired) electrons. The van der Waals surface area contributed by atoms with Gasteiger partial charge in [-0.3, -0.25) is 24.2 Å². The van der Waals surface area contributed by atoms with Gasteiger partial charge in [-0.05, 0) is 60.4 Å². The van der Waals surface area contributed by atoms with Crippen molar-refractivity contribution < 1.29 is 29.7 Å². The molecule has 2 aromatic carbocycles. The van der Waals surface area contributed by atoms with Crippen molar-refractivity contribution in [2.45, 2.75) is 49.7 Å². The van der Waals surface area contributed by atoms with E-state index in [0.29, 0.717) is 25.2 Å². The fourth-order valence-electron chi connectivity index (χ4n) is 7.43. The maximum atomic E-state index is 14.1. The van der Waals surface area contributed by atoms with E-state index in [0.717, 1.165) is 5.56 Å². The number of hydrogen-bond donors (Lipinski definition) is 5. The van der Waals surface area contributed by atoms with Gasteiger partial charge >= 0.3 is 0 Å². The highest BCUT2D eigenvalue weighted by Crippen LogP contribution is 2.55. The van der Waals surface area contributed by atoms with Gasteiger partial charge in [0.2, 0.25) is 0 Å². The minimum Gasteiger partial charge on any atom is -0.508 e. The molecule has 0 bridgehead atoms. The van der Waals surface area contributed by atoms with E-state index >= 15 is 0 Å². The van der Waals surface area contributed by atoms with Crippen LogP contribution in [0.3, 0.4) is 0 Å². The lowest BCUT2D eigenvalue weighted by Crippen LogP contribution is -2.67. The second-order valence-corrected chi connectivity index (χ2v) is 11.9. The number of hydrogen-bond acceptors (Lipinski definition) is 11. The average molecular weight is 574 g/mol. The smallest absolute Gasteiger partial charge is 0.255 e. The molecule has 3 aliphatic carbocycles. The number of nitroso groups, excluding NO2 is 1. The number of primary amides is 1. The van der Waals surface area contributed by atoms with Crippen molar-refractivity contribution in [3.05, 3.63) is 91.7 Å². The Hall–Kier alpha value is -4.23. The maximum Gasteiger partial charge on any atom is 0.255 e. The summed E-state index contributed by atoms with van der Waals surface area (Å²) in [5.41, 5.74) is 9.58. The first-order chi connectivity index (χ1) is 19.8. The highest BCUT2D eigenvalue weighted by molar-refractivity contribution is 6.22. The number of nitrogens with two attached hydrogens (primary N) is 2. The van der Waals surface area contributed by atoms with Crippen molar-refractivity contribution >= 4 is 17.5 Å². The number of amides is 1. The van der Waals surface area contributed by atoms with Crippen molar-refractivity contribution in [3.63, 3.8) is 0 Å². The minimum atomic E-state index is -2.70. The third kappa shape index (κ3) is 3.72. The summed E-state index contributed by atoms with van der Waals surface area (Å²) < 4.78 is 0. The summed E-state index contributed by atoms with van der Waals surface area (Å²) in [5.74, 6) is -5.70. The molecule has 0 fully saturated rings. The van der Waals surface area contributed by atoms with E-state index in [1.165, 1.54) is 36.2 Å². The summed E-state index contributed by atoms with van der Waals surface area (Å²) in [6, 6.07) is 10.0. The van der Waals surface area contributed by atoms with Crippen LogP contribution in [0.25, 0.3) is 0 Å². The molecule has 42 heavy (non-hydrogen) atoms. The molecule has 12 heteroatoms. The Morgan fingerprint density at radius 2 is 1.76 bits per heavy atom. The number of aliphatic hydroxyl groups excluding tert-OH is 1. The molecular weight excluding hydrogens is 542 g/mol. The Bertz CT molecular complexity index is 1640. The second kappa shape index (κ2) is 9.39. The van der Waals surface area contributed by atoms with E-state index in [1.807, 2.05) is 12.1 Å². The number of nitrogens with zero attached hydrogens (tertiary/aromatic N) is 3. The van der Waals surface area contributed by atoms with Crippen LogP contribution < -0.4 is 11.5 Å². The first kappa shape index (κ1) is 27.9. The zero-order valence-electron chi connectivity index (χ0n) is 23.1. The molecule has 2 aromatic rings. The number of rotatable bonds is 5. The monoisotopic (exact) mass is 573 g/mol. The van der Waals surface area contributed by atoms with Gasteiger partial charge in [0.05, 0.1) is 17.1 Å². The van der Waals surface area contributed by atoms with Crippen molar-refractivity contribution in [2.24, 2.45) is 22.6 Å². The summed E-state index contributed by atoms with van der Waals surface area (Å²) in [4.78, 5) is 55.8. The average Bonchev–Trinajstić information content (AvgIpc) is 3.33. The molecule has 1 amide bonds. The SMILES string of the molecule is CN(C)[C@@H]1C(=O)C(C(N)=O)=C(O)[C@@]2(O)C(N=O)=C3C(=O)c4c(O)ccc(CN5Cc6ccccc6C5)c4C[C@@]3(N)C[C@@H]12. The molecule has 6 rings (SSSR count). The van der Waals surface area contributed by atoms with Gasteiger partial charge in [-0.1, -0.05) is 30.3 Å². The molecule has 0 saturated carbocycles. The van der Waals surface area contributed by atoms with Crippen LogP contribution in [-0.4, -0.2) is 73.9 Å². The van der Waals surface area contributed by atoms with Crippen LogP contribution in [-0.2, 0) is 35.6 Å². The van der Waals surface area contributed by atoms with Gasteiger partial charge in [-0.2, -0.15) is 0 Å². The highest BCUT2D eigenvalue weighted by Gasteiger charge is 2.65. The Balaban J connectivity index is 1.51. The van der Waals surface area contributed by atoms with Gasteiger partial charge in [0.15, 0.2) is 17.2 Å². The molecule has 1 aliphatic heterocycles. The van der Waals surface area contributed by atoms with Crippen LogP contribution >= 0.6 is 0 Å². The predicted octanol–water partition coefficient (Wildman–Crippen LogP) is 0.926. The lowest BCUT2D eigenvalue weighted by atomic mass is 9.55. The lowest BCUT2D eigenvalue weighted by molar-refractivity contribution is -0.134. The molecule has 1 heterocycles. The van der Waals surface area contributed by atoms with E-state index < -0.39 is 57.6 Å². The minimum absolute atomic E-state index is 0.0129. The zero-order valence-corrected chi connectivity index (χ0v) is 23.1. The van der Waals surface area contributed by atoms with E-state index in [9.17, 15) is 34.6 Å². The predicted molar refractivity (Wildman–Crippen MR) is 150 cm³/mol. The first-order valence-electron chi connectivity index (χ1n) is 13.5. The third-order valence-electron chi connectivity index (χ3n) is 9.24. The number of aromatic hydroxyl groups is 1. The van der Waals surface area contributed by atoms with Gasteiger partial charge in [0, 0.05) is 31.1 Å². The fraction of sp³-hybridized carbons (Fsp3) is 0.367. The van der Waals surface area contributed by atoms with Gasteiger partial charge in [0.1, 0.15) is 22.8 Å².